The van der Waals surface area contributed by atoms with E-state index in [2.05, 4.69) is 20.9 Å². The van der Waals surface area contributed by atoms with E-state index in [9.17, 15) is 4.79 Å². The van der Waals surface area contributed by atoms with Crippen molar-refractivity contribution in [3.8, 4) is 0 Å². The molecule has 0 aliphatic heterocycles. The molecule has 7 nitrogen and oxygen atoms in total. The van der Waals surface area contributed by atoms with Gasteiger partial charge in [-0.3, -0.25) is 9.48 Å². The number of amides is 1. The van der Waals surface area contributed by atoms with Crippen LogP contribution in [-0.2, 0) is 11.3 Å². The number of nitrogens with one attached hydrogen (secondary N) is 2. The third kappa shape index (κ3) is 3.92. The van der Waals surface area contributed by atoms with Crippen LogP contribution in [0.4, 0.5) is 5.82 Å². The molecular formula is C13H19N5O2. The fraction of sp³-hybridized carbons (Fsp3) is 0.462. The molecule has 0 bridgehead atoms. The molecule has 20 heavy (non-hydrogen) atoms. The number of aromatic nitrogens is 3. The first-order valence-electron chi connectivity index (χ1n) is 6.64. The molecule has 0 fully saturated rings. The standard InChI is InChI=1S/C13H19N5O2/c1-3-11(14-6-8-18-7-4-5-15-18)13(19)16-12-9-10(2)20-17-12/h4-5,7,9,11,14H,3,6,8H2,1-2H3,(H,16,17,19). The fourth-order valence-electron chi connectivity index (χ4n) is 1.85. The minimum Gasteiger partial charge on any atom is -0.360 e. The predicted molar refractivity (Wildman–Crippen MR) is 74.2 cm³/mol. The summed E-state index contributed by atoms with van der Waals surface area (Å²) in [6, 6.07) is 3.30. The van der Waals surface area contributed by atoms with E-state index in [1.165, 1.54) is 0 Å². The monoisotopic (exact) mass is 277 g/mol. The molecule has 2 heterocycles. The average Bonchev–Trinajstić information content (AvgIpc) is 3.06. The number of anilines is 1. The molecule has 2 aromatic rings. The van der Waals surface area contributed by atoms with E-state index < -0.39 is 0 Å². The lowest BCUT2D eigenvalue weighted by Crippen LogP contribution is -2.41. The maximum Gasteiger partial charge on any atom is 0.242 e. The van der Waals surface area contributed by atoms with E-state index in [0.717, 1.165) is 6.54 Å². The molecule has 108 valence electrons. The number of hydrogen-bond donors (Lipinski definition) is 2. The minimum absolute atomic E-state index is 0.110. The van der Waals surface area contributed by atoms with Crippen molar-refractivity contribution in [2.75, 3.05) is 11.9 Å². The zero-order valence-electron chi connectivity index (χ0n) is 11.7. The Hall–Kier alpha value is -2.15. The molecule has 2 aromatic heterocycles. The zero-order valence-corrected chi connectivity index (χ0v) is 11.7. The lowest BCUT2D eigenvalue weighted by atomic mass is 10.2. The molecule has 0 aliphatic rings. The molecule has 1 atom stereocenters. The van der Waals surface area contributed by atoms with Crippen LogP contribution in [-0.4, -0.2) is 33.4 Å². The van der Waals surface area contributed by atoms with E-state index in [0.29, 0.717) is 24.5 Å². The van der Waals surface area contributed by atoms with E-state index in [1.54, 1.807) is 19.2 Å². The van der Waals surface area contributed by atoms with Gasteiger partial charge in [0.1, 0.15) is 5.76 Å². The topological polar surface area (TPSA) is 85.0 Å². The third-order valence-corrected chi connectivity index (χ3v) is 2.89. The normalized spacial score (nSPS) is 12.3. The number of carbonyl (C=O) groups excluding carboxylic acids is 1. The Balaban J connectivity index is 1.79. The van der Waals surface area contributed by atoms with Crippen LogP contribution in [0.15, 0.2) is 29.0 Å². The SMILES string of the molecule is CCC(NCCn1cccn1)C(=O)Nc1cc(C)on1. The molecule has 0 radical (unpaired) electrons. The van der Waals surface area contributed by atoms with Crippen LogP contribution in [0.2, 0.25) is 0 Å². The van der Waals surface area contributed by atoms with E-state index >= 15 is 0 Å². The summed E-state index contributed by atoms with van der Waals surface area (Å²) < 4.78 is 6.73. The van der Waals surface area contributed by atoms with Crippen LogP contribution in [0, 0.1) is 6.92 Å². The van der Waals surface area contributed by atoms with Crippen LogP contribution in [0.25, 0.3) is 0 Å². The second kappa shape index (κ2) is 6.85. The first-order valence-corrected chi connectivity index (χ1v) is 6.64. The first kappa shape index (κ1) is 14.3. The summed E-state index contributed by atoms with van der Waals surface area (Å²) in [5.41, 5.74) is 0. The largest absolute Gasteiger partial charge is 0.360 e. The molecule has 2 N–H and O–H groups in total. The van der Waals surface area contributed by atoms with Gasteiger partial charge in [-0.05, 0) is 19.4 Å². The van der Waals surface area contributed by atoms with Crippen molar-refractivity contribution in [2.24, 2.45) is 0 Å². The van der Waals surface area contributed by atoms with Gasteiger partial charge in [0.2, 0.25) is 5.91 Å². The highest BCUT2D eigenvalue weighted by Crippen LogP contribution is 2.07. The number of hydrogen-bond acceptors (Lipinski definition) is 5. The predicted octanol–water partition coefficient (Wildman–Crippen LogP) is 1.19. The maximum absolute atomic E-state index is 12.1. The maximum atomic E-state index is 12.1. The van der Waals surface area contributed by atoms with Crippen LogP contribution in [0.1, 0.15) is 19.1 Å². The molecule has 1 amide bonds. The van der Waals surface area contributed by atoms with Crippen molar-refractivity contribution in [2.45, 2.75) is 32.9 Å². The Bertz CT molecular complexity index is 535. The Morgan fingerprint density at radius 1 is 1.55 bits per heavy atom. The summed E-state index contributed by atoms with van der Waals surface area (Å²) in [5.74, 6) is 1.00. The molecule has 0 saturated heterocycles. The molecular weight excluding hydrogens is 258 g/mol. The molecule has 2 rings (SSSR count). The van der Waals surface area contributed by atoms with Gasteiger partial charge in [-0.25, -0.2) is 0 Å². The first-order chi connectivity index (χ1) is 9.69. The Morgan fingerprint density at radius 3 is 3.00 bits per heavy atom. The van der Waals surface area contributed by atoms with Gasteiger partial charge in [-0.1, -0.05) is 12.1 Å². The van der Waals surface area contributed by atoms with Gasteiger partial charge >= 0.3 is 0 Å². The van der Waals surface area contributed by atoms with Crippen LogP contribution < -0.4 is 10.6 Å². The molecule has 7 heteroatoms. The van der Waals surface area contributed by atoms with Gasteiger partial charge in [0, 0.05) is 25.0 Å². The summed E-state index contributed by atoms with van der Waals surface area (Å²) in [6.45, 7) is 5.13. The number of nitrogens with zero attached hydrogens (tertiary/aromatic N) is 3. The van der Waals surface area contributed by atoms with Crippen LogP contribution >= 0.6 is 0 Å². The minimum atomic E-state index is -0.262. The Labute approximate surface area is 117 Å². The summed E-state index contributed by atoms with van der Waals surface area (Å²) >= 11 is 0. The smallest absolute Gasteiger partial charge is 0.242 e. The highest BCUT2D eigenvalue weighted by molar-refractivity contribution is 5.93. The third-order valence-electron chi connectivity index (χ3n) is 2.89. The molecule has 0 saturated carbocycles. The van der Waals surface area contributed by atoms with E-state index in [-0.39, 0.29) is 11.9 Å². The molecule has 0 spiro atoms. The highest BCUT2D eigenvalue weighted by atomic mass is 16.5. The van der Waals surface area contributed by atoms with Gasteiger partial charge in [0.15, 0.2) is 5.82 Å². The second-order valence-corrected chi connectivity index (χ2v) is 4.50. The average molecular weight is 277 g/mol. The summed E-state index contributed by atoms with van der Waals surface area (Å²) in [5, 5.41) is 13.8. The van der Waals surface area contributed by atoms with Gasteiger partial charge in [0.05, 0.1) is 12.6 Å². The van der Waals surface area contributed by atoms with Crippen molar-refractivity contribution in [1.29, 1.82) is 0 Å². The van der Waals surface area contributed by atoms with E-state index in [1.807, 2.05) is 23.9 Å². The highest BCUT2D eigenvalue weighted by Gasteiger charge is 2.16. The van der Waals surface area contributed by atoms with Gasteiger partial charge in [-0.15, -0.1) is 0 Å². The molecule has 0 aromatic carbocycles. The van der Waals surface area contributed by atoms with Crippen LogP contribution in [0.5, 0.6) is 0 Å². The van der Waals surface area contributed by atoms with Gasteiger partial charge < -0.3 is 15.2 Å². The second-order valence-electron chi connectivity index (χ2n) is 4.50. The number of carbonyl (C=O) groups is 1. The lowest BCUT2D eigenvalue weighted by Gasteiger charge is -2.15. The van der Waals surface area contributed by atoms with Crippen molar-refractivity contribution in [1.82, 2.24) is 20.3 Å². The molecule has 1 unspecified atom stereocenters. The summed E-state index contributed by atoms with van der Waals surface area (Å²) in [6.07, 6.45) is 4.32. The van der Waals surface area contributed by atoms with E-state index in [4.69, 9.17) is 4.52 Å². The summed E-state index contributed by atoms with van der Waals surface area (Å²) in [4.78, 5) is 12.1. The van der Waals surface area contributed by atoms with Gasteiger partial charge in [0.25, 0.3) is 0 Å². The van der Waals surface area contributed by atoms with Crippen LogP contribution in [0.3, 0.4) is 0 Å². The van der Waals surface area contributed by atoms with Crippen molar-refractivity contribution in [3.63, 3.8) is 0 Å². The van der Waals surface area contributed by atoms with Crippen molar-refractivity contribution in [3.05, 3.63) is 30.3 Å². The zero-order chi connectivity index (χ0) is 14.4. The Kier molecular flexibility index (Phi) is 4.89. The fourth-order valence-corrected chi connectivity index (χ4v) is 1.85. The number of aryl methyl sites for hydroxylation is 1. The van der Waals surface area contributed by atoms with Crippen molar-refractivity contribution < 1.29 is 9.32 Å². The van der Waals surface area contributed by atoms with Crippen molar-refractivity contribution >= 4 is 11.7 Å². The molecule has 0 aliphatic carbocycles. The summed E-state index contributed by atoms with van der Waals surface area (Å²) in [7, 11) is 0. The lowest BCUT2D eigenvalue weighted by molar-refractivity contribution is -0.118. The van der Waals surface area contributed by atoms with Gasteiger partial charge in [-0.2, -0.15) is 5.10 Å². The number of rotatable bonds is 7. The quantitative estimate of drug-likeness (QED) is 0.794. The Morgan fingerprint density at radius 2 is 2.40 bits per heavy atom.